The molecule has 4 nitrogen and oxygen atoms in total. The van der Waals surface area contributed by atoms with Crippen molar-refractivity contribution < 1.29 is 4.79 Å². The van der Waals surface area contributed by atoms with Crippen molar-refractivity contribution in [1.82, 2.24) is 10.2 Å². The van der Waals surface area contributed by atoms with E-state index in [1.807, 2.05) is 37.8 Å². The van der Waals surface area contributed by atoms with Crippen molar-refractivity contribution in [2.75, 3.05) is 18.4 Å². The maximum Gasteiger partial charge on any atom is 0.239 e. The fourth-order valence-electron chi connectivity index (χ4n) is 1.95. The molecule has 1 amide bonds. The summed E-state index contributed by atoms with van der Waals surface area (Å²) in [4.78, 5) is 13.7. The van der Waals surface area contributed by atoms with Crippen molar-refractivity contribution in [2.45, 2.75) is 40.7 Å². The molecule has 1 aromatic rings. The van der Waals surface area contributed by atoms with Crippen molar-refractivity contribution >= 4 is 28.9 Å². The van der Waals surface area contributed by atoms with Crippen LogP contribution in [-0.2, 0) is 4.79 Å². The highest BCUT2D eigenvalue weighted by molar-refractivity contribution is 7.80. The molecule has 0 aromatic heterocycles. The molecule has 0 heterocycles. The van der Waals surface area contributed by atoms with Crippen molar-refractivity contribution in [3.8, 4) is 0 Å². The van der Waals surface area contributed by atoms with Gasteiger partial charge in [-0.25, -0.2) is 0 Å². The number of nitrogens with one attached hydrogen (secondary N) is 2. The fraction of sp³-hybridized carbons (Fsp3) is 0.500. The zero-order chi connectivity index (χ0) is 16.0. The third kappa shape index (κ3) is 5.34. The van der Waals surface area contributed by atoms with Gasteiger partial charge in [0.25, 0.3) is 0 Å². The van der Waals surface area contributed by atoms with Crippen molar-refractivity contribution in [3.63, 3.8) is 0 Å². The first-order chi connectivity index (χ1) is 9.85. The SMILES string of the molecule is CCN(CC(=O)NC(C)C)C(=S)Nc1cccc(C)c1C. The molecule has 0 aliphatic heterocycles. The summed E-state index contributed by atoms with van der Waals surface area (Å²) in [5.74, 6) is -0.0167. The van der Waals surface area contributed by atoms with Gasteiger partial charge in [-0.15, -0.1) is 0 Å². The molecule has 0 spiro atoms. The van der Waals surface area contributed by atoms with E-state index >= 15 is 0 Å². The molecular formula is C16H25N3OS. The smallest absolute Gasteiger partial charge is 0.239 e. The Morgan fingerprint density at radius 3 is 2.57 bits per heavy atom. The van der Waals surface area contributed by atoms with Gasteiger partial charge in [0.2, 0.25) is 5.91 Å². The van der Waals surface area contributed by atoms with Crippen LogP contribution in [0.1, 0.15) is 31.9 Å². The van der Waals surface area contributed by atoms with Gasteiger partial charge in [0.1, 0.15) is 0 Å². The number of hydrogen-bond acceptors (Lipinski definition) is 2. The van der Waals surface area contributed by atoms with E-state index in [4.69, 9.17) is 12.2 Å². The summed E-state index contributed by atoms with van der Waals surface area (Å²) in [6.07, 6.45) is 0. The van der Waals surface area contributed by atoms with Gasteiger partial charge in [-0.3, -0.25) is 4.79 Å². The van der Waals surface area contributed by atoms with Crippen LogP contribution in [-0.4, -0.2) is 35.1 Å². The molecule has 1 aromatic carbocycles. The van der Waals surface area contributed by atoms with E-state index in [1.54, 1.807) is 0 Å². The van der Waals surface area contributed by atoms with Gasteiger partial charge in [-0.1, -0.05) is 12.1 Å². The summed E-state index contributed by atoms with van der Waals surface area (Å²) in [6, 6.07) is 6.19. The van der Waals surface area contributed by atoms with Gasteiger partial charge in [-0.2, -0.15) is 0 Å². The van der Waals surface area contributed by atoms with Crippen LogP contribution in [0.4, 0.5) is 5.69 Å². The first-order valence-electron chi connectivity index (χ1n) is 7.26. The molecule has 0 saturated carbocycles. The maximum atomic E-state index is 11.9. The molecule has 116 valence electrons. The number of benzene rings is 1. The highest BCUT2D eigenvalue weighted by atomic mass is 32.1. The number of rotatable bonds is 5. The van der Waals surface area contributed by atoms with E-state index in [9.17, 15) is 4.79 Å². The second-order valence-corrected chi connectivity index (χ2v) is 5.80. The minimum atomic E-state index is -0.0167. The predicted molar refractivity (Wildman–Crippen MR) is 92.7 cm³/mol. The first kappa shape index (κ1) is 17.4. The Labute approximate surface area is 132 Å². The Morgan fingerprint density at radius 1 is 1.33 bits per heavy atom. The molecule has 2 N–H and O–H groups in total. The Balaban J connectivity index is 2.71. The van der Waals surface area contributed by atoms with E-state index in [2.05, 4.69) is 30.5 Å². The van der Waals surface area contributed by atoms with Crippen LogP contribution in [0.3, 0.4) is 0 Å². The Bertz CT molecular complexity index is 514. The van der Waals surface area contributed by atoms with Crippen molar-refractivity contribution in [2.24, 2.45) is 0 Å². The molecule has 0 bridgehead atoms. The maximum absolute atomic E-state index is 11.9. The van der Waals surface area contributed by atoms with E-state index < -0.39 is 0 Å². The summed E-state index contributed by atoms with van der Waals surface area (Å²) < 4.78 is 0. The van der Waals surface area contributed by atoms with Crippen molar-refractivity contribution in [3.05, 3.63) is 29.3 Å². The molecule has 1 rings (SSSR count). The zero-order valence-corrected chi connectivity index (χ0v) is 14.3. The van der Waals surface area contributed by atoms with Gasteiger partial charge < -0.3 is 15.5 Å². The summed E-state index contributed by atoms with van der Waals surface area (Å²) in [7, 11) is 0. The summed E-state index contributed by atoms with van der Waals surface area (Å²) in [5, 5.41) is 6.69. The lowest BCUT2D eigenvalue weighted by Gasteiger charge is -2.25. The molecule has 0 aliphatic rings. The van der Waals surface area contributed by atoms with Gasteiger partial charge >= 0.3 is 0 Å². The fourth-order valence-corrected chi connectivity index (χ4v) is 2.25. The average Bonchev–Trinajstić information content (AvgIpc) is 2.40. The van der Waals surface area contributed by atoms with Gasteiger partial charge in [0.15, 0.2) is 5.11 Å². The monoisotopic (exact) mass is 307 g/mol. The first-order valence-corrected chi connectivity index (χ1v) is 7.67. The number of aryl methyl sites for hydroxylation is 1. The number of nitrogens with zero attached hydrogens (tertiary/aromatic N) is 1. The van der Waals surface area contributed by atoms with Gasteiger partial charge in [0.05, 0.1) is 6.54 Å². The number of carbonyl (C=O) groups excluding carboxylic acids is 1. The molecule has 0 atom stereocenters. The Hall–Kier alpha value is -1.62. The van der Waals surface area contributed by atoms with Gasteiger partial charge in [0, 0.05) is 18.3 Å². The highest BCUT2D eigenvalue weighted by Crippen LogP contribution is 2.18. The molecule has 21 heavy (non-hydrogen) atoms. The van der Waals surface area contributed by atoms with Crippen LogP contribution in [0.5, 0.6) is 0 Å². The van der Waals surface area contributed by atoms with E-state index in [1.165, 1.54) is 11.1 Å². The van der Waals surface area contributed by atoms with Crippen LogP contribution in [0.25, 0.3) is 0 Å². The number of thiocarbonyl (C=S) groups is 1. The molecule has 0 radical (unpaired) electrons. The predicted octanol–water partition coefficient (Wildman–Crippen LogP) is 2.85. The molecule has 0 saturated heterocycles. The normalized spacial score (nSPS) is 10.4. The summed E-state index contributed by atoms with van der Waals surface area (Å²) >= 11 is 5.43. The Morgan fingerprint density at radius 2 is 2.00 bits per heavy atom. The van der Waals surface area contributed by atoms with E-state index in [0.717, 1.165) is 5.69 Å². The van der Waals surface area contributed by atoms with E-state index in [-0.39, 0.29) is 18.5 Å². The molecule has 0 fully saturated rings. The largest absolute Gasteiger partial charge is 0.352 e. The summed E-state index contributed by atoms with van der Waals surface area (Å²) in [5.41, 5.74) is 3.37. The van der Waals surface area contributed by atoms with Crippen LogP contribution < -0.4 is 10.6 Å². The number of carbonyl (C=O) groups is 1. The van der Waals surface area contributed by atoms with E-state index in [0.29, 0.717) is 11.7 Å². The minimum absolute atomic E-state index is 0.0167. The van der Waals surface area contributed by atoms with Crippen LogP contribution in [0, 0.1) is 13.8 Å². The van der Waals surface area contributed by atoms with Crippen LogP contribution in [0.15, 0.2) is 18.2 Å². The highest BCUT2D eigenvalue weighted by Gasteiger charge is 2.14. The van der Waals surface area contributed by atoms with Crippen LogP contribution in [0.2, 0.25) is 0 Å². The summed E-state index contributed by atoms with van der Waals surface area (Å²) in [6.45, 7) is 11.0. The average molecular weight is 307 g/mol. The second-order valence-electron chi connectivity index (χ2n) is 5.41. The second kappa shape index (κ2) is 7.98. The topological polar surface area (TPSA) is 44.4 Å². The van der Waals surface area contributed by atoms with Crippen molar-refractivity contribution in [1.29, 1.82) is 0 Å². The molecule has 0 unspecified atom stereocenters. The number of amides is 1. The standard InChI is InChI=1S/C16H25N3OS/c1-6-19(10-15(20)17-11(2)3)16(21)18-14-9-7-8-12(4)13(14)5/h7-9,11H,6,10H2,1-5H3,(H,17,20)(H,18,21). The van der Waals surface area contributed by atoms with Gasteiger partial charge in [-0.05, 0) is 64.0 Å². The quantitative estimate of drug-likeness (QED) is 0.821. The minimum Gasteiger partial charge on any atom is -0.352 e. The Kier molecular flexibility index (Phi) is 6.62. The molecule has 0 aliphatic carbocycles. The number of likely N-dealkylation sites (N-methyl/N-ethyl adjacent to an activating group) is 1. The molecular weight excluding hydrogens is 282 g/mol. The third-order valence-corrected chi connectivity index (χ3v) is 3.66. The lowest BCUT2D eigenvalue weighted by atomic mass is 10.1. The lowest BCUT2D eigenvalue weighted by molar-refractivity contribution is -0.121. The van der Waals surface area contributed by atoms with Crippen LogP contribution >= 0.6 is 12.2 Å². The lowest BCUT2D eigenvalue weighted by Crippen LogP contribution is -2.44. The zero-order valence-electron chi connectivity index (χ0n) is 13.5. The third-order valence-electron chi connectivity index (χ3n) is 3.30. The number of anilines is 1. The molecule has 5 heteroatoms. The number of hydrogen-bond donors (Lipinski definition) is 2.